The predicted octanol–water partition coefficient (Wildman–Crippen LogP) is 3.38. The van der Waals surface area contributed by atoms with Crippen LogP contribution in [-0.4, -0.2) is 67.0 Å². The average Bonchev–Trinajstić information content (AvgIpc) is 3.33. The van der Waals surface area contributed by atoms with Gasteiger partial charge in [0.15, 0.2) is 0 Å². The van der Waals surface area contributed by atoms with E-state index in [0.717, 1.165) is 57.2 Å². The molecule has 208 valence electrons. The lowest BCUT2D eigenvalue weighted by Gasteiger charge is -2.34. The van der Waals surface area contributed by atoms with E-state index in [2.05, 4.69) is 37.9 Å². The van der Waals surface area contributed by atoms with Gasteiger partial charge in [0.25, 0.3) is 10.0 Å². The summed E-state index contributed by atoms with van der Waals surface area (Å²) in [5.41, 5.74) is -0.405. The maximum atomic E-state index is 13.8. The molecule has 1 aromatic heterocycles. The van der Waals surface area contributed by atoms with Crippen LogP contribution < -0.4 is 10.6 Å². The molecule has 2 saturated carbocycles. The van der Waals surface area contributed by atoms with E-state index in [1.165, 1.54) is 19.3 Å². The molecule has 4 rings (SSSR count). The molecule has 3 aliphatic rings. The number of pyridine rings is 1. The van der Waals surface area contributed by atoms with E-state index in [9.17, 15) is 18.5 Å². The van der Waals surface area contributed by atoms with Gasteiger partial charge in [-0.25, -0.2) is 8.42 Å². The molecule has 1 amide bonds. The van der Waals surface area contributed by atoms with Crippen LogP contribution in [0.2, 0.25) is 0 Å². The van der Waals surface area contributed by atoms with Gasteiger partial charge in [0.2, 0.25) is 5.91 Å². The summed E-state index contributed by atoms with van der Waals surface area (Å²) in [6.45, 7) is 3.62. The van der Waals surface area contributed by atoms with E-state index in [-0.39, 0.29) is 11.7 Å². The molecule has 0 aromatic carbocycles. The van der Waals surface area contributed by atoms with Gasteiger partial charge < -0.3 is 10.6 Å². The lowest BCUT2D eigenvalue weighted by molar-refractivity contribution is -0.124. The third-order valence-electron chi connectivity index (χ3n) is 8.51. The van der Waals surface area contributed by atoms with Crippen LogP contribution in [0.5, 0.6) is 0 Å². The molecular weight excluding hydrogens is 500 g/mol. The van der Waals surface area contributed by atoms with Gasteiger partial charge in [-0.1, -0.05) is 39.0 Å². The Labute approximate surface area is 227 Å². The van der Waals surface area contributed by atoms with E-state index >= 15 is 0 Å². The van der Waals surface area contributed by atoms with Crippen LogP contribution in [0.15, 0.2) is 28.9 Å². The second kappa shape index (κ2) is 12.6. The Hall–Kier alpha value is -2.51. The van der Waals surface area contributed by atoms with Crippen molar-refractivity contribution in [1.82, 2.24) is 20.5 Å². The first-order valence-corrected chi connectivity index (χ1v) is 16.0. The summed E-state index contributed by atoms with van der Waals surface area (Å²) in [6, 6.07) is 5.53. The minimum Gasteiger partial charge on any atom is -0.357 e. The fourth-order valence-corrected chi connectivity index (χ4v) is 6.78. The van der Waals surface area contributed by atoms with Crippen molar-refractivity contribution in [2.24, 2.45) is 16.2 Å². The normalized spacial score (nSPS) is 28.4. The largest absolute Gasteiger partial charge is 0.357 e. The molecule has 2 N–H and O–H groups in total. The maximum absolute atomic E-state index is 13.8. The Morgan fingerprint density at radius 2 is 1.87 bits per heavy atom. The molecule has 10 heteroatoms. The van der Waals surface area contributed by atoms with Crippen molar-refractivity contribution in [2.75, 3.05) is 19.3 Å². The summed E-state index contributed by atoms with van der Waals surface area (Å²) in [7, 11) is -3.72. The fraction of sp³-hybridized carbons (Fsp3) is 0.714. The van der Waals surface area contributed by atoms with Crippen LogP contribution in [0.1, 0.15) is 83.1 Å². The Morgan fingerprint density at radius 1 is 1.18 bits per heavy atom. The Bertz CT molecular complexity index is 1120. The molecule has 2 heterocycles. The Kier molecular flexibility index (Phi) is 9.42. The highest BCUT2D eigenvalue weighted by molar-refractivity contribution is 7.89. The molecule has 3 fully saturated rings. The topological polar surface area (TPSA) is 128 Å². The lowest BCUT2D eigenvalue weighted by atomic mass is 9.84. The molecule has 2 aliphatic carbocycles. The molecular formula is C28H42N6O3S. The number of nitrogens with zero attached hydrogens (tertiary/aromatic N) is 4. The minimum atomic E-state index is -3.72. The van der Waals surface area contributed by atoms with E-state index < -0.39 is 21.6 Å². The monoisotopic (exact) mass is 542 g/mol. The minimum absolute atomic E-state index is 0.126. The number of sulfonamides is 1. The van der Waals surface area contributed by atoms with Gasteiger partial charge in [-0.3, -0.25) is 14.7 Å². The van der Waals surface area contributed by atoms with Crippen LogP contribution in [0.25, 0.3) is 0 Å². The van der Waals surface area contributed by atoms with Crippen molar-refractivity contribution in [3.8, 4) is 6.07 Å². The Balaban J connectivity index is 1.53. The quantitative estimate of drug-likeness (QED) is 0.381. The molecule has 0 radical (unpaired) electrons. The van der Waals surface area contributed by atoms with E-state index in [0.29, 0.717) is 36.9 Å². The van der Waals surface area contributed by atoms with Crippen molar-refractivity contribution in [2.45, 2.75) is 95.2 Å². The molecule has 0 spiro atoms. The smallest absolute Gasteiger partial charge is 0.252 e. The van der Waals surface area contributed by atoms with E-state index in [4.69, 9.17) is 0 Å². The van der Waals surface area contributed by atoms with Gasteiger partial charge >= 0.3 is 0 Å². The lowest BCUT2D eigenvalue weighted by Crippen LogP contribution is -2.57. The summed E-state index contributed by atoms with van der Waals surface area (Å²) < 4.78 is 28.2. The fourth-order valence-electron chi connectivity index (χ4n) is 6.29. The first kappa shape index (κ1) is 28.5. The number of carbonyl (C=O) groups is 1. The van der Waals surface area contributed by atoms with Gasteiger partial charge in [0.1, 0.15) is 17.4 Å². The van der Waals surface area contributed by atoms with Crippen molar-refractivity contribution in [1.29, 1.82) is 5.26 Å². The van der Waals surface area contributed by atoms with E-state index in [1.54, 1.807) is 24.5 Å². The first-order valence-electron chi connectivity index (χ1n) is 14.1. The zero-order chi connectivity index (χ0) is 27.2. The van der Waals surface area contributed by atoms with Gasteiger partial charge in [0.05, 0.1) is 12.3 Å². The second-order valence-electron chi connectivity index (χ2n) is 11.7. The summed E-state index contributed by atoms with van der Waals surface area (Å²) in [6.07, 6.45) is 15.5. The van der Waals surface area contributed by atoms with Gasteiger partial charge in [-0.05, 0) is 62.5 Å². The number of nitriles is 1. The zero-order valence-electron chi connectivity index (χ0n) is 22.7. The number of carbonyl (C=O) groups excluding carboxylic acids is 1. The summed E-state index contributed by atoms with van der Waals surface area (Å²) in [5, 5.41) is 16.5. The number of rotatable bonds is 8. The number of aromatic nitrogens is 1. The molecule has 9 nitrogen and oxygen atoms in total. The Morgan fingerprint density at radius 3 is 2.50 bits per heavy atom. The van der Waals surface area contributed by atoms with Crippen molar-refractivity contribution >= 4 is 21.8 Å². The van der Waals surface area contributed by atoms with Crippen LogP contribution >= 0.6 is 0 Å². The molecule has 2 unspecified atom stereocenters. The maximum Gasteiger partial charge on any atom is 0.252 e. The first-order chi connectivity index (χ1) is 18.2. The SMILES string of the molecule is CC1CCC(N2CCC(C#N)(NC(=O)C(CC3CCCCC3)N/C(=N/S(C)(=O)=O)c3ccncc3)C2)CC1. The molecule has 0 bridgehead atoms. The third-order valence-corrected chi connectivity index (χ3v) is 9.02. The van der Waals surface area contributed by atoms with Crippen LogP contribution in [-0.2, 0) is 14.8 Å². The highest BCUT2D eigenvalue weighted by atomic mass is 32.2. The summed E-state index contributed by atoms with van der Waals surface area (Å²) in [5.74, 6) is 0.961. The van der Waals surface area contributed by atoms with E-state index in [1.807, 2.05) is 0 Å². The second-order valence-corrected chi connectivity index (χ2v) is 13.3. The molecule has 2 atom stereocenters. The van der Waals surface area contributed by atoms with Gasteiger partial charge in [-0.2, -0.15) is 5.26 Å². The molecule has 1 aromatic rings. The van der Waals surface area contributed by atoms with Crippen LogP contribution in [0.4, 0.5) is 0 Å². The number of amides is 1. The average molecular weight is 543 g/mol. The number of likely N-dealkylation sites (tertiary alicyclic amines) is 1. The molecule has 1 saturated heterocycles. The molecule has 38 heavy (non-hydrogen) atoms. The zero-order valence-corrected chi connectivity index (χ0v) is 23.5. The van der Waals surface area contributed by atoms with Gasteiger partial charge in [0, 0.05) is 37.1 Å². The highest BCUT2D eigenvalue weighted by Crippen LogP contribution is 2.32. The van der Waals surface area contributed by atoms with Crippen molar-refractivity contribution < 1.29 is 13.2 Å². The standard InChI is InChI=1S/C28H42N6O3S/c1-21-8-10-24(11-9-21)34-17-14-28(19-29,20-34)32-27(35)25(18-22-6-4-3-5-7-22)31-26(33-38(2,36)37)23-12-15-30-16-13-23/h12-13,15-16,21-22,24-25H,3-11,14,17-18,20H2,1-2H3,(H,31,33)(H,32,35). The number of nitrogens with one attached hydrogen (secondary N) is 2. The van der Waals surface area contributed by atoms with Crippen LogP contribution in [0, 0.1) is 23.2 Å². The summed E-state index contributed by atoms with van der Waals surface area (Å²) >= 11 is 0. The van der Waals surface area contributed by atoms with Gasteiger partial charge in [-0.15, -0.1) is 4.40 Å². The third kappa shape index (κ3) is 7.76. The number of amidine groups is 1. The van der Waals surface area contributed by atoms with Crippen molar-refractivity contribution in [3.05, 3.63) is 30.1 Å². The highest BCUT2D eigenvalue weighted by Gasteiger charge is 2.43. The molecule has 1 aliphatic heterocycles. The van der Waals surface area contributed by atoms with Crippen molar-refractivity contribution in [3.63, 3.8) is 0 Å². The van der Waals surface area contributed by atoms with Crippen LogP contribution in [0.3, 0.4) is 0 Å². The number of hydrogen-bond donors (Lipinski definition) is 2. The predicted molar refractivity (Wildman–Crippen MR) is 148 cm³/mol. The number of hydrogen-bond acceptors (Lipinski definition) is 6. The summed E-state index contributed by atoms with van der Waals surface area (Å²) in [4.78, 5) is 20.2.